The molecule has 3 N–H and O–H groups in total. The van der Waals surface area contributed by atoms with Crippen LogP contribution in [0.2, 0.25) is 0 Å². The summed E-state index contributed by atoms with van der Waals surface area (Å²) in [6.07, 6.45) is 1.18. The Kier molecular flexibility index (Phi) is 3.43. The van der Waals surface area contributed by atoms with Gasteiger partial charge in [-0.3, -0.25) is 4.79 Å². The smallest absolute Gasteiger partial charge is 0.257 e. The van der Waals surface area contributed by atoms with Crippen LogP contribution in [0.1, 0.15) is 23.2 Å². The average Bonchev–Trinajstić information content (AvgIpc) is 2.30. The van der Waals surface area contributed by atoms with Crippen LogP contribution in [0.25, 0.3) is 0 Å². The summed E-state index contributed by atoms with van der Waals surface area (Å²) < 4.78 is 0. The number of aromatic hydroxyl groups is 2. The maximum absolute atomic E-state index is 12.1. The number of nitrogens with zero attached hydrogens (tertiary/aromatic N) is 1. The largest absolute Gasteiger partial charge is 0.504 e. The number of hydrogen-bond acceptors (Lipinski definition) is 4. The van der Waals surface area contributed by atoms with Crippen molar-refractivity contribution >= 4 is 5.91 Å². The van der Waals surface area contributed by atoms with Crippen LogP contribution < -0.4 is 0 Å². The number of para-hydroxylation sites is 1. The van der Waals surface area contributed by atoms with Crippen LogP contribution in [0.5, 0.6) is 11.5 Å². The van der Waals surface area contributed by atoms with Crippen molar-refractivity contribution in [2.24, 2.45) is 5.92 Å². The number of aliphatic hydroxyl groups is 1. The van der Waals surface area contributed by atoms with Gasteiger partial charge in [0.2, 0.25) is 0 Å². The maximum atomic E-state index is 12.1. The Bertz CT molecular complexity index is 454. The summed E-state index contributed by atoms with van der Waals surface area (Å²) in [5.41, 5.74) is 0.0948. The van der Waals surface area contributed by atoms with Gasteiger partial charge in [0, 0.05) is 13.6 Å². The highest BCUT2D eigenvalue weighted by Gasteiger charge is 2.29. The van der Waals surface area contributed by atoms with Crippen LogP contribution in [0.3, 0.4) is 0 Å². The lowest BCUT2D eigenvalue weighted by molar-refractivity contribution is 0.0264. The summed E-state index contributed by atoms with van der Waals surface area (Å²) in [7, 11) is 1.65. The number of carbonyl (C=O) groups excluding carboxylic acids is 1. The minimum Gasteiger partial charge on any atom is -0.504 e. The van der Waals surface area contributed by atoms with E-state index in [-0.39, 0.29) is 29.1 Å². The van der Waals surface area contributed by atoms with Crippen molar-refractivity contribution < 1.29 is 20.1 Å². The van der Waals surface area contributed by atoms with E-state index in [4.69, 9.17) is 0 Å². The quantitative estimate of drug-likeness (QED) is 0.698. The molecule has 0 aliphatic heterocycles. The van der Waals surface area contributed by atoms with Gasteiger partial charge >= 0.3 is 0 Å². The number of hydrogen-bond donors (Lipinski definition) is 3. The number of amides is 1. The highest BCUT2D eigenvalue weighted by atomic mass is 16.3. The topological polar surface area (TPSA) is 81.0 Å². The van der Waals surface area contributed by atoms with E-state index in [1.807, 2.05) is 0 Å². The van der Waals surface area contributed by atoms with Crippen molar-refractivity contribution in [3.8, 4) is 11.5 Å². The van der Waals surface area contributed by atoms with Crippen molar-refractivity contribution in [3.05, 3.63) is 23.8 Å². The molecule has 2 rings (SSSR count). The third-order valence-electron chi connectivity index (χ3n) is 3.33. The molecule has 0 atom stereocenters. The van der Waals surface area contributed by atoms with Crippen molar-refractivity contribution in [1.82, 2.24) is 4.90 Å². The Morgan fingerprint density at radius 1 is 1.39 bits per heavy atom. The Labute approximate surface area is 105 Å². The van der Waals surface area contributed by atoms with Gasteiger partial charge in [-0.2, -0.15) is 0 Å². The van der Waals surface area contributed by atoms with Crippen LogP contribution in [0.4, 0.5) is 0 Å². The molecule has 1 fully saturated rings. The van der Waals surface area contributed by atoms with Crippen molar-refractivity contribution in [2.75, 3.05) is 13.6 Å². The summed E-state index contributed by atoms with van der Waals surface area (Å²) >= 11 is 0. The van der Waals surface area contributed by atoms with E-state index in [0.717, 1.165) is 0 Å². The van der Waals surface area contributed by atoms with E-state index < -0.39 is 0 Å². The molecule has 1 saturated carbocycles. The van der Waals surface area contributed by atoms with Gasteiger partial charge in [0.15, 0.2) is 11.5 Å². The van der Waals surface area contributed by atoms with E-state index in [1.165, 1.54) is 23.1 Å². The molecule has 0 heterocycles. The molecule has 0 radical (unpaired) electrons. The van der Waals surface area contributed by atoms with Crippen LogP contribution in [0, 0.1) is 5.92 Å². The first-order valence-electron chi connectivity index (χ1n) is 5.93. The first-order valence-corrected chi connectivity index (χ1v) is 5.93. The number of phenols is 2. The molecule has 0 spiro atoms. The Balaban J connectivity index is 2.04. The van der Waals surface area contributed by atoms with E-state index in [2.05, 4.69) is 0 Å². The number of aliphatic hydroxyl groups excluding tert-OH is 1. The van der Waals surface area contributed by atoms with Crippen LogP contribution in [-0.4, -0.2) is 45.8 Å². The highest BCUT2D eigenvalue weighted by Crippen LogP contribution is 2.31. The van der Waals surface area contributed by atoms with Crippen molar-refractivity contribution in [1.29, 1.82) is 0 Å². The predicted octanol–water partition coefficient (Wildman–Crippen LogP) is 0.941. The van der Waals surface area contributed by atoms with E-state index in [1.54, 1.807) is 7.05 Å². The highest BCUT2D eigenvalue weighted by molar-refractivity contribution is 5.97. The van der Waals surface area contributed by atoms with E-state index in [9.17, 15) is 20.1 Å². The second-order valence-corrected chi connectivity index (χ2v) is 4.85. The summed E-state index contributed by atoms with van der Waals surface area (Å²) in [6.45, 7) is 0.547. The van der Waals surface area contributed by atoms with Crippen LogP contribution in [0.15, 0.2) is 18.2 Å². The molecule has 1 aliphatic rings. The summed E-state index contributed by atoms with van der Waals surface area (Å²) in [4.78, 5) is 13.6. The zero-order chi connectivity index (χ0) is 13.3. The Morgan fingerprint density at radius 3 is 2.67 bits per heavy atom. The molecule has 1 aliphatic carbocycles. The SMILES string of the molecule is CN(CC1CC(O)C1)C(=O)c1cccc(O)c1O. The fourth-order valence-electron chi connectivity index (χ4n) is 2.23. The molecule has 18 heavy (non-hydrogen) atoms. The minimum atomic E-state index is -0.386. The normalized spacial score (nSPS) is 22.3. The minimum absolute atomic E-state index is 0.0948. The van der Waals surface area contributed by atoms with Gasteiger partial charge in [0.25, 0.3) is 5.91 Å². The monoisotopic (exact) mass is 251 g/mol. The third-order valence-corrected chi connectivity index (χ3v) is 3.33. The molecule has 5 nitrogen and oxygen atoms in total. The molecular formula is C13H17NO4. The van der Waals surface area contributed by atoms with Gasteiger partial charge < -0.3 is 20.2 Å². The van der Waals surface area contributed by atoms with Gasteiger partial charge in [-0.05, 0) is 30.9 Å². The van der Waals surface area contributed by atoms with E-state index in [0.29, 0.717) is 25.3 Å². The van der Waals surface area contributed by atoms with E-state index >= 15 is 0 Å². The Morgan fingerprint density at radius 2 is 2.06 bits per heavy atom. The second kappa shape index (κ2) is 4.86. The molecule has 1 aromatic carbocycles. The number of rotatable bonds is 3. The van der Waals surface area contributed by atoms with Gasteiger partial charge in [-0.25, -0.2) is 0 Å². The number of carbonyl (C=O) groups is 1. The number of phenolic OH excluding ortho intramolecular Hbond substituents is 2. The lowest BCUT2D eigenvalue weighted by atomic mass is 9.82. The fraction of sp³-hybridized carbons (Fsp3) is 0.462. The molecule has 1 amide bonds. The lowest BCUT2D eigenvalue weighted by Gasteiger charge is -2.34. The zero-order valence-electron chi connectivity index (χ0n) is 10.2. The lowest BCUT2D eigenvalue weighted by Crippen LogP contribution is -2.39. The van der Waals surface area contributed by atoms with Gasteiger partial charge in [0.05, 0.1) is 11.7 Å². The third kappa shape index (κ3) is 2.41. The molecule has 0 unspecified atom stereocenters. The second-order valence-electron chi connectivity index (χ2n) is 4.85. The number of benzene rings is 1. The molecule has 5 heteroatoms. The predicted molar refractivity (Wildman–Crippen MR) is 65.5 cm³/mol. The van der Waals surface area contributed by atoms with Crippen molar-refractivity contribution in [3.63, 3.8) is 0 Å². The molecule has 98 valence electrons. The Hall–Kier alpha value is -1.75. The standard InChI is InChI=1S/C13H17NO4/c1-14(7-8-5-9(15)6-8)13(18)10-3-2-4-11(16)12(10)17/h2-4,8-9,15-17H,5-7H2,1H3. The molecule has 0 bridgehead atoms. The first-order chi connectivity index (χ1) is 8.49. The fourth-order valence-corrected chi connectivity index (χ4v) is 2.23. The zero-order valence-corrected chi connectivity index (χ0v) is 10.2. The molecular weight excluding hydrogens is 234 g/mol. The summed E-state index contributed by atoms with van der Waals surface area (Å²) in [6, 6.07) is 4.32. The van der Waals surface area contributed by atoms with Gasteiger partial charge in [-0.1, -0.05) is 6.07 Å². The van der Waals surface area contributed by atoms with Crippen LogP contribution >= 0.6 is 0 Å². The summed E-state index contributed by atoms with van der Waals surface area (Å²) in [5.74, 6) is -0.700. The molecule has 0 saturated heterocycles. The van der Waals surface area contributed by atoms with Gasteiger partial charge in [-0.15, -0.1) is 0 Å². The summed E-state index contributed by atoms with van der Waals surface area (Å²) in [5, 5.41) is 28.2. The molecule has 0 aromatic heterocycles. The molecule has 1 aromatic rings. The average molecular weight is 251 g/mol. The van der Waals surface area contributed by atoms with Gasteiger partial charge in [0.1, 0.15) is 0 Å². The van der Waals surface area contributed by atoms with Crippen LogP contribution in [-0.2, 0) is 0 Å². The first kappa shape index (κ1) is 12.7. The maximum Gasteiger partial charge on any atom is 0.257 e. The van der Waals surface area contributed by atoms with Crippen molar-refractivity contribution in [2.45, 2.75) is 18.9 Å².